The molecule has 700 valence electrons. The zero-order valence-corrected chi connectivity index (χ0v) is 76.6. The first-order chi connectivity index (χ1) is 59.2. The van der Waals surface area contributed by atoms with Crippen LogP contribution in [-0.4, -0.2) is 279 Å². The maximum absolute atomic E-state index is 15.2. The molecule has 12 fully saturated rings. The number of carbonyl (C=O) groups is 6. The second-order valence-electron chi connectivity index (χ2n) is 38.1. The van der Waals surface area contributed by atoms with Gasteiger partial charge in [0.05, 0.1) is 73.8 Å². The van der Waals surface area contributed by atoms with Crippen molar-refractivity contribution in [3.8, 4) is 0 Å². The lowest BCUT2D eigenvalue weighted by Gasteiger charge is -2.44. The van der Waals surface area contributed by atoms with E-state index in [0.29, 0.717) is 72.3 Å². The van der Waals surface area contributed by atoms with Crippen molar-refractivity contribution in [3.05, 3.63) is 95.1 Å². The zero-order chi connectivity index (χ0) is 87.7. The number of ketones is 2. The first-order valence-electron chi connectivity index (χ1n) is 46.2. The van der Waals surface area contributed by atoms with Crippen molar-refractivity contribution >= 4 is 46.3 Å². The fourth-order valence-corrected chi connectivity index (χ4v) is 24.8. The summed E-state index contributed by atoms with van der Waals surface area (Å²) in [4.78, 5) is 88.9. The van der Waals surface area contributed by atoms with Crippen LogP contribution in [0.1, 0.15) is 207 Å². The summed E-state index contributed by atoms with van der Waals surface area (Å²) in [6, 6.07) is 19.2. The van der Waals surface area contributed by atoms with E-state index in [2.05, 4.69) is 88.1 Å². The largest absolute Gasteiger partial charge is 0.462 e. The minimum atomic E-state index is -0.684. The molecule has 1 amide bonds. The summed E-state index contributed by atoms with van der Waals surface area (Å²) in [6.07, 6.45) is 11.4. The maximum Gasteiger partial charge on any atom is 0.306 e. The number of benzene rings is 2. The highest BCUT2D eigenvalue weighted by Gasteiger charge is 2.71. The number of likely N-dealkylation sites (N-methyl/N-ethyl adjacent to an activating group) is 2. The van der Waals surface area contributed by atoms with Crippen LogP contribution in [0.3, 0.4) is 0 Å². The van der Waals surface area contributed by atoms with Crippen LogP contribution < -0.4 is 5.32 Å². The summed E-state index contributed by atoms with van der Waals surface area (Å²) in [5, 5.41) is 3.42. The number of Topliss-reactive ketones (excluding diaryl/α,β-unsaturated/α-hetero) is 2. The van der Waals surface area contributed by atoms with Crippen molar-refractivity contribution in [2.75, 3.05) is 70.8 Å². The van der Waals surface area contributed by atoms with E-state index in [9.17, 15) is 24.0 Å². The molecule has 125 heavy (non-hydrogen) atoms. The zero-order valence-electron chi connectivity index (χ0n) is 75.8. The van der Waals surface area contributed by atoms with Crippen LogP contribution in [0.4, 0.5) is 0 Å². The van der Waals surface area contributed by atoms with Crippen molar-refractivity contribution in [1.82, 2.24) is 20.0 Å². The van der Waals surface area contributed by atoms with Gasteiger partial charge in [0, 0.05) is 102 Å². The highest BCUT2D eigenvalue weighted by Crippen LogP contribution is 2.65. The Bertz CT molecular complexity index is 3960. The van der Waals surface area contributed by atoms with E-state index >= 15 is 4.79 Å². The maximum atomic E-state index is 15.2. The van der Waals surface area contributed by atoms with Crippen LogP contribution in [0.15, 0.2) is 84.0 Å². The number of cyclic esters (lactones) is 2. The van der Waals surface area contributed by atoms with E-state index in [-0.39, 0.29) is 208 Å². The minimum Gasteiger partial charge on any atom is -0.462 e. The fraction of sp³-hybridized carbons (Fsp3) is 0.776. The number of ether oxygens (including phenoxy) is 16. The molecule has 0 spiro atoms. The topological polar surface area (TPSA) is 282 Å². The Kier molecular flexibility index (Phi) is 34.5. The Morgan fingerprint density at radius 1 is 0.464 bits per heavy atom. The number of rotatable bonds is 20. The van der Waals surface area contributed by atoms with Crippen molar-refractivity contribution in [2.45, 2.75) is 345 Å². The van der Waals surface area contributed by atoms with Crippen molar-refractivity contribution in [2.24, 2.45) is 71.0 Å². The van der Waals surface area contributed by atoms with E-state index < -0.39 is 54.3 Å². The number of hydrogen-bond donors (Lipinski definition) is 1. The van der Waals surface area contributed by atoms with Gasteiger partial charge in [-0.05, 0) is 241 Å². The Morgan fingerprint density at radius 2 is 0.872 bits per heavy atom. The Labute approximate surface area is 748 Å². The molecule has 26 nitrogen and oxygen atoms in total. The van der Waals surface area contributed by atoms with Gasteiger partial charge in [-0.3, -0.25) is 28.8 Å². The third-order valence-corrected chi connectivity index (χ3v) is 31.1. The van der Waals surface area contributed by atoms with Crippen LogP contribution in [0.2, 0.25) is 0 Å². The smallest absolute Gasteiger partial charge is 0.306 e. The highest BCUT2D eigenvalue weighted by molar-refractivity contribution is 6.67. The van der Waals surface area contributed by atoms with Gasteiger partial charge in [0.1, 0.15) is 48.8 Å². The van der Waals surface area contributed by atoms with Crippen LogP contribution >= 0.6 is 11.6 Å². The second kappa shape index (κ2) is 43.5. The summed E-state index contributed by atoms with van der Waals surface area (Å²) < 4.78 is 100. The van der Waals surface area contributed by atoms with Crippen LogP contribution in [-0.2, 0) is 95.0 Å². The number of allylic oxidation sites excluding steroid dienone is 4. The van der Waals surface area contributed by atoms with Gasteiger partial charge < -0.3 is 95.8 Å². The third-order valence-electron chi connectivity index (χ3n) is 30.9. The van der Waals surface area contributed by atoms with Gasteiger partial charge in [-0.1, -0.05) is 103 Å². The molecule has 38 atom stereocenters. The molecule has 1 N–H and O–H groups in total. The van der Waals surface area contributed by atoms with Crippen LogP contribution in [0.25, 0.3) is 0 Å². The number of hydrogen-bond acceptors (Lipinski definition) is 25. The molecule has 27 heteroatoms. The summed E-state index contributed by atoms with van der Waals surface area (Å²) in [7, 11) is 18.3. The SMILES string of the molecule is C.C.CC[C@H]1CCC[C@H](O[C@H]2CC[C@H](N(C)C)C(C)O2)[C@@H](C)C(=O)C2=C[C@H]3[C@@H]4C[C@H](O[C@@H]5OC(C)[C@H](OC)[C@@H](OC)C5OC)C[C@H]4[C@@H]4[C@H]([C@H]3[C@@H]2CC(=O)O1)N4C(=O)c1ccccc1.CC[C@H]1CCC[C@H](O[C@H]2CC[C@H](N(C)C)C(C)O2)[C@@H](C)C(=O)C2=C[C@H]3[C@@H]4C[C@H](O[C@@H]5OC(C)[C@H](OC)[C@@H](OC)C5OC)C[C@H]4[C@H]4N[C@H]4[C@H]3[C@@H]2CC(=O)O1.O=C(Cl)c1ccccc1. The number of methoxy groups -OCH3 is 6. The molecule has 6 unspecified atom stereocenters. The number of nitrogens with one attached hydrogen (secondary N) is 1. The van der Waals surface area contributed by atoms with Gasteiger partial charge in [0.2, 0.25) is 0 Å². The second-order valence-corrected chi connectivity index (χ2v) is 38.5. The van der Waals surface area contributed by atoms with Crippen molar-refractivity contribution < 1.29 is 105 Å². The quantitative estimate of drug-likeness (QED) is 0.0732. The molecule has 14 aliphatic rings. The number of halogens is 1. The average molecular weight is 1770 g/mol. The van der Waals surface area contributed by atoms with Crippen LogP contribution in [0, 0.1) is 71.0 Å². The molecular weight excluding hydrogens is 1620 g/mol. The van der Waals surface area contributed by atoms with Gasteiger partial charge in [-0.25, -0.2) is 0 Å². The number of nitrogens with zero attached hydrogens (tertiary/aromatic N) is 3. The predicted molar refractivity (Wildman–Crippen MR) is 471 cm³/mol. The molecule has 0 bridgehead atoms. The molecule has 4 saturated carbocycles. The third kappa shape index (κ3) is 21.2. The van der Waals surface area contributed by atoms with Crippen molar-refractivity contribution in [1.29, 1.82) is 0 Å². The molecule has 8 saturated heterocycles. The lowest BCUT2D eigenvalue weighted by Crippen LogP contribution is -2.59. The molecule has 2 aromatic rings. The van der Waals surface area contributed by atoms with E-state index in [4.69, 9.17) is 87.4 Å². The number of amides is 1. The number of likely N-dealkylation sites (tertiary alicyclic amines) is 1. The summed E-state index contributed by atoms with van der Waals surface area (Å²) in [5.74, 6) is -0.617. The first kappa shape index (κ1) is 99.0. The van der Waals surface area contributed by atoms with Gasteiger partial charge in [-0.15, -0.1) is 0 Å². The molecule has 0 aromatic heterocycles. The molecule has 2 aromatic carbocycles. The molecule has 8 aliphatic heterocycles. The minimum absolute atomic E-state index is 0. The Hall–Kier alpha value is -5.05. The molecule has 6 aliphatic carbocycles. The van der Waals surface area contributed by atoms with Gasteiger partial charge in [0.15, 0.2) is 36.7 Å². The lowest BCUT2D eigenvalue weighted by molar-refractivity contribution is -0.314. The van der Waals surface area contributed by atoms with E-state index in [1.165, 1.54) is 0 Å². The van der Waals surface area contributed by atoms with Crippen molar-refractivity contribution in [3.63, 3.8) is 0 Å². The Balaban J connectivity index is 0.000000205. The number of fused-ring (bicyclic) bond motifs is 16. The lowest BCUT2D eigenvalue weighted by atomic mass is 9.66. The standard InChI is InChI=1S/C48H70N2O11.C41H66N2O10.C7H5ClO.2CH4/c1-10-29-17-14-18-37(61-39-20-19-36(49(5)6)26(3)57-39)25(2)43(52)35-23-32-31-21-30(60-48-46(56-9)45(55-8)44(54-7)27(4)58-48)22-34(31)41-42(40(32)33(35)24-38(51)59-29)50(41)47(53)28-15-12-11-13-16-28;1-10-23-12-11-13-31(53-33-15-14-30(43(5)6)21(3)49-33)20(2)37(45)29-18-26-25-16-24(52-41-40(48-9)39(47-8)38(46-7)22(4)50-41)17-28(25)35-36(42-35)34(26)27(29)19-32(44)51-23;8-7(9)6-4-2-1-3-5-6;;/h11-13,15-16,23,25-27,29-34,36-37,39-42,44-46,48H,10,14,17-22,24H2,1-9H3;18,20-28,30-31,33-36,38-42H,10-17,19H2,1-9H3;1-5H;2*1H4/t25-,26?,27?,29+,30+,31+,32+,33-,34-,36+,37+,39+,40-,41-,42+,44+,45-,46?,48+,50?;20-,21?,22?,23+,24+,25+,26+,27-,28-,30+,31+,33+,34-,35-,36+,38+,39-,40?,41+;;;/m11.../s1. The summed E-state index contributed by atoms with van der Waals surface area (Å²) >= 11 is 5.16. The highest BCUT2D eigenvalue weighted by atomic mass is 35.5. The molecule has 16 rings (SSSR count). The normalized spacial score (nSPS) is 42.7. The van der Waals surface area contributed by atoms with Crippen LogP contribution in [0.5, 0.6) is 0 Å². The molecule has 8 heterocycles. The first-order valence-corrected chi connectivity index (χ1v) is 46.6. The summed E-state index contributed by atoms with van der Waals surface area (Å²) in [5.41, 5.74) is 2.66. The number of carbonyl (C=O) groups excluding carboxylic acids is 6. The fourth-order valence-electron chi connectivity index (χ4n) is 24.7. The molecular formula is C98H149ClN4O22. The summed E-state index contributed by atoms with van der Waals surface area (Å²) in [6.45, 7) is 16.3. The molecule has 0 radical (unpaired) electrons. The van der Waals surface area contributed by atoms with Gasteiger partial charge in [-0.2, -0.15) is 0 Å². The Morgan fingerprint density at radius 3 is 1.28 bits per heavy atom. The van der Waals surface area contributed by atoms with Gasteiger partial charge in [0.25, 0.3) is 11.1 Å². The van der Waals surface area contributed by atoms with E-state index in [0.717, 1.165) is 82.6 Å². The number of esters is 2. The average Bonchev–Trinajstić information content (AvgIpc) is 1.51. The van der Waals surface area contributed by atoms with Gasteiger partial charge >= 0.3 is 11.9 Å². The van der Waals surface area contributed by atoms with E-state index in [1.807, 2.05) is 64.1 Å². The van der Waals surface area contributed by atoms with E-state index in [1.54, 1.807) is 66.9 Å². The predicted octanol–water partition coefficient (Wildman–Crippen LogP) is 13.4. The monoisotopic (exact) mass is 1770 g/mol.